The number of halogens is 1. The molecule has 1 atom stereocenters. The van der Waals surface area contributed by atoms with E-state index in [2.05, 4.69) is 0 Å². The first-order valence-corrected chi connectivity index (χ1v) is 5.49. The molecule has 0 bridgehead atoms. The number of ketones is 1. The SMILES string of the molecule is C/C(=C/Cl)CC1(C(=O)O)CCCCC1=O. The van der Waals surface area contributed by atoms with Crippen molar-refractivity contribution < 1.29 is 14.7 Å². The normalized spacial score (nSPS) is 27.9. The average molecular weight is 231 g/mol. The highest BCUT2D eigenvalue weighted by atomic mass is 35.5. The summed E-state index contributed by atoms with van der Waals surface area (Å²) in [4.78, 5) is 23.0. The van der Waals surface area contributed by atoms with Gasteiger partial charge in [0.25, 0.3) is 0 Å². The second-order valence-corrected chi connectivity index (χ2v) is 4.37. The van der Waals surface area contributed by atoms with Crippen molar-refractivity contribution in [3.8, 4) is 0 Å². The van der Waals surface area contributed by atoms with Crippen molar-refractivity contribution in [2.45, 2.75) is 39.0 Å². The summed E-state index contributed by atoms with van der Waals surface area (Å²) in [6, 6.07) is 0. The van der Waals surface area contributed by atoms with Crippen LogP contribution < -0.4 is 0 Å². The molecule has 1 N–H and O–H groups in total. The Morgan fingerprint density at radius 1 is 1.60 bits per heavy atom. The molecule has 3 nitrogen and oxygen atoms in total. The van der Waals surface area contributed by atoms with Crippen LogP contribution in [0.5, 0.6) is 0 Å². The first kappa shape index (κ1) is 12.2. The van der Waals surface area contributed by atoms with Gasteiger partial charge in [-0.3, -0.25) is 9.59 Å². The number of allylic oxidation sites excluding steroid dienone is 1. The minimum Gasteiger partial charge on any atom is -0.480 e. The highest BCUT2D eigenvalue weighted by Gasteiger charge is 2.46. The molecule has 0 saturated heterocycles. The summed E-state index contributed by atoms with van der Waals surface area (Å²) in [7, 11) is 0. The molecule has 0 aliphatic heterocycles. The lowest BCUT2D eigenvalue weighted by atomic mass is 9.69. The smallest absolute Gasteiger partial charge is 0.317 e. The molecular formula is C11H15ClO3. The predicted molar refractivity (Wildman–Crippen MR) is 57.8 cm³/mol. The third kappa shape index (κ3) is 2.40. The van der Waals surface area contributed by atoms with Crippen LogP contribution in [-0.4, -0.2) is 16.9 Å². The molecule has 1 fully saturated rings. The zero-order valence-corrected chi connectivity index (χ0v) is 9.51. The Bertz CT molecular complexity index is 309. The van der Waals surface area contributed by atoms with E-state index in [9.17, 15) is 14.7 Å². The fourth-order valence-corrected chi connectivity index (χ4v) is 2.17. The Balaban J connectivity index is 2.96. The molecule has 1 rings (SSSR count). The highest BCUT2D eigenvalue weighted by Crippen LogP contribution is 2.39. The lowest BCUT2D eigenvalue weighted by Gasteiger charge is -2.31. The van der Waals surface area contributed by atoms with Crippen molar-refractivity contribution in [2.24, 2.45) is 5.41 Å². The Morgan fingerprint density at radius 3 is 2.73 bits per heavy atom. The zero-order valence-electron chi connectivity index (χ0n) is 8.75. The molecule has 1 aliphatic carbocycles. The van der Waals surface area contributed by atoms with Crippen LogP contribution in [-0.2, 0) is 9.59 Å². The largest absolute Gasteiger partial charge is 0.480 e. The summed E-state index contributed by atoms with van der Waals surface area (Å²) in [6.07, 6.45) is 2.65. The van der Waals surface area contributed by atoms with E-state index in [0.29, 0.717) is 12.8 Å². The second kappa shape index (κ2) is 4.79. The average Bonchev–Trinajstić information content (AvgIpc) is 2.21. The molecule has 0 radical (unpaired) electrons. The maximum Gasteiger partial charge on any atom is 0.317 e. The van der Waals surface area contributed by atoms with E-state index in [1.807, 2.05) is 0 Å². The van der Waals surface area contributed by atoms with Gasteiger partial charge in [0.15, 0.2) is 5.78 Å². The summed E-state index contributed by atoms with van der Waals surface area (Å²) in [6.45, 7) is 1.75. The van der Waals surface area contributed by atoms with E-state index in [1.165, 1.54) is 5.54 Å². The van der Waals surface area contributed by atoms with E-state index < -0.39 is 11.4 Å². The van der Waals surface area contributed by atoms with Crippen LogP contribution in [0.25, 0.3) is 0 Å². The van der Waals surface area contributed by atoms with Crippen molar-refractivity contribution in [3.63, 3.8) is 0 Å². The number of rotatable bonds is 3. The van der Waals surface area contributed by atoms with Crippen LogP contribution in [0.4, 0.5) is 0 Å². The summed E-state index contributed by atoms with van der Waals surface area (Å²) < 4.78 is 0. The fraction of sp³-hybridized carbons (Fsp3) is 0.636. The molecule has 1 saturated carbocycles. The van der Waals surface area contributed by atoms with Gasteiger partial charge < -0.3 is 5.11 Å². The van der Waals surface area contributed by atoms with Gasteiger partial charge in [-0.15, -0.1) is 0 Å². The van der Waals surface area contributed by atoms with Gasteiger partial charge in [-0.25, -0.2) is 0 Å². The number of aliphatic carboxylic acids is 1. The van der Waals surface area contributed by atoms with Crippen LogP contribution in [0.2, 0.25) is 0 Å². The highest BCUT2D eigenvalue weighted by molar-refractivity contribution is 6.25. The third-order valence-electron chi connectivity index (χ3n) is 2.97. The zero-order chi connectivity index (χ0) is 11.5. The van der Waals surface area contributed by atoms with E-state index in [-0.39, 0.29) is 12.2 Å². The molecule has 0 heterocycles. The van der Waals surface area contributed by atoms with Gasteiger partial charge in [0.2, 0.25) is 0 Å². The van der Waals surface area contributed by atoms with E-state index in [0.717, 1.165) is 18.4 Å². The van der Waals surface area contributed by atoms with Crippen LogP contribution >= 0.6 is 11.6 Å². The van der Waals surface area contributed by atoms with Crippen molar-refractivity contribution in [2.75, 3.05) is 0 Å². The van der Waals surface area contributed by atoms with E-state index in [4.69, 9.17) is 11.6 Å². The standard InChI is InChI=1S/C11H15ClO3/c1-8(7-12)6-11(10(14)15)5-3-2-4-9(11)13/h7H,2-6H2,1H3,(H,14,15)/b8-7-. The topological polar surface area (TPSA) is 54.4 Å². The van der Waals surface area contributed by atoms with Crippen LogP contribution in [0.1, 0.15) is 39.0 Å². The first-order valence-electron chi connectivity index (χ1n) is 5.05. The van der Waals surface area contributed by atoms with Crippen molar-refractivity contribution >= 4 is 23.4 Å². The Morgan fingerprint density at radius 2 is 2.27 bits per heavy atom. The maximum atomic E-state index is 11.8. The number of hydrogen-bond donors (Lipinski definition) is 1. The molecule has 15 heavy (non-hydrogen) atoms. The number of carboxylic acid groups (broad SMARTS) is 1. The predicted octanol–water partition coefficient (Wildman–Crippen LogP) is 2.73. The molecule has 4 heteroatoms. The number of carboxylic acids is 1. The summed E-state index contributed by atoms with van der Waals surface area (Å²) >= 11 is 5.52. The molecular weight excluding hydrogens is 216 g/mol. The van der Waals surface area contributed by atoms with Gasteiger partial charge in [0.1, 0.15) is 5.41 Å². The van der Waals surface area contributed by atoms with Crippen molar-refractivity contribution in [1.82, 2.24) is 0 Å². The van der Waals surface area contributed by atoms with Gasteiger partial charge in [-0.05, 0) is 26.2 Å². The lowest BCUT2D eigenvalue weighted by molar-refractivity contribution is -0.157. The molecule has 0 spiro atoms. The van der Waals surface area contributed by atoms with Gasteiger partial charge in [0, 0.05) is 12.0 Å². The molecule has 0 aromatic carbocycles. The van der Waals surface area contributed by atoms with E-state index in [1.54, 1.807) is 6.92 Å². The maximum absolute atomic E-state index is 11.8. The van der Waals surface area contributed by atoms with Gasteiger partial charge in [0.05, 0.1) is 0 Å². The quantitative estimate of drug-likeness (QED) is 0.759. The minimum atomic E-state index is -1.21. The fourth-order valence-electron chi connectivity index (χ4n) is 2.09. The summed E-state index contributed by atoms with van der Waals surface area (Å²) in [5, 5.41) is 9.21. The summed E-state index contributed by atoms with van der Waals surface area (Å²) in [5.41, 5.74) is 0.884. The van der Waals surface area contributed by atoms with E-state index >= 15 is 0 Å². The Labute approximate surface area is 94.1 Å². The molecule has 0 amide bonds. The number of Topliss-reactive ketones (excluding diaryl/α,β-unsaturated/α-hetero) is 1. The van der Waals surface area contributed by atoms with Gasteiger partial charge in [-0.2, -0.15) is 0 Å². The number of hydrogen-bond acceptors (Lipinski definition) is 2. The molecule has 0 aromatic rings. The van der Waals surface area contributed by atoms with Gasteiger partial charge in [-0.1, -0.05) is 23.6 Å². The molecule has 1 unspecified atom stereocenters. The van der Waals surface area contributed by atoms with Crippen LogP contribution in [0.15, 0.2) is 11.1 Å². The van der Waals surface area contributed by atoms with Crippen molar-refractivity contribution in [1.29, 1.82) is 0 Å². The Kier molecular flexibility index (Phi) is 3.91. The number of carbonyl (C=O) groups is 2. The van der Waals surface area contributed by atoms with Crippen molar-refractivity contribution in [3.05, 3.63) is 11.1 Å². The monoisotopic (exact) mass is 230 g/mol. The lowest BCUT2D eigenvalue weighted by Crippen LogP contribution is -2.41. The van der Waals surface area contributed by atoms with Crippen LogP contribution in [0, 0.1) is 5.41 Å². The van der Waals surface area contributed by atoms with Gasteiger partial charge >= 0.3 is 5.97 Å². The summed E-state index contributed by atoms with van der Waals surface area (Å²) in [5.74, 6) is -1.16. The minimum absolute atomic E-state index is 0.154. The second-order valence-electron chi connectivity index (χ2n) is 4.15. The molecule has 0 aromatic heterocycles. The van der Waals surface area contributed by atoms with Crippen LogP contribution in [0.3, 0.4) is 0 Å². The number of carbonyl (C=O) groups excluding carboxylic acids is 1. The molecule has 1 aliphatic rings. The third-order valence-corrected chi connectivity index (χ3v) is 3.34. The molecule has 84 valence electrons. The Hall–Kier alpha value is -0.830. The first-order chi connectivity index (χ1) is 7.03.